The summed E-state index contributed by atoms with van der Waals surface area (Å²) < 4.78 is 2.10. The van der Waals surface area contributed by atoms with Crippen LogP contribution in [0.3, 0.4) is 0 Å². The van der Waals surface area contributed by atoms with Crippen molar-refractivity contribution in [3.8, 4) is 0 Å². The first-order valence-electron chi connectivity index (χ1n) is 9.08. The van der Waals surface area contributed by atoms with Crippen molar-refractivity contribution >= 4 is 35.0 Å². The van der Waals surface area contributed by atoms with Gasteiger partial charge in [-0.2, -0.15) is 0 Å². The largest absolute Gasteiger partial charge is 0.311 e. The molecule has 3 aromatic rings. The van der Waals surface area contributed by atoms with Crippen LogP contribution in [0.2, 0.25) is 0 Å². The van der Waals surface area contributed by atoms with E-state index in [9.17, 15) is 4.79 Å². The van der Waals surface area contributed by atoms with Crippen LogP contribution in [0.4, 0.5) is 17.3 Å². The third-order valence-electron chi connectivity index (χ3n) is 5.07. The summed E-state index contributed by atoms with van der Waals surface area (Å²) in [5, 5.41) is 9.49. The van der Waals surface area contributed by atoms with Crippen LogP contribution in [0.25, 0.3) is 0 Å². The van der Waals surface area contributed by atoms with Crippen molar-refractivity contribution in [2.24, 2.45) is 0 Å². The van der Waals surface area contributed by atoms with Gasteiger partial charge in [-0.05, 0) is 30.2 Å². The van der Waals surface area contributed by atoms with Gasteiger partial charge in [-0.1, -0.05) is 48.2 Å². The van der Waals surface area contributed by atoms with Gasteiger partial charge in [-0.25, -0.2) is 0 Å². The van der Waals surface area contributed by atoms with Crippen LogP contribution in [-0.4, -0.2) is 39.5 Å². The lowest BCUT2D eigenvalue weighted by Crippen LogP contribution is -2.30. The molecule has 27 heavy (non-hydrogen) atoms. The quantitative estimate of drug-likeness (QED) is 0.654. The van der Waals surface area contributed by atoms with E-state index in [1.54, 1.807) is 0 Å². The van der Waals surface area contributed by atoms with Crippen molar-refractivity contribution < 1.29 is 4.79 Å². The molecule has 0 radical (unpaired) electrons. The van der Waals surface area contributed by atoms with E-state index in [4.69, 9.17) is 0 Å². The lowest BCUT2D eigenvalue weighted by atomic mass is 10.2. The Labute approximate surface area is 161 Å². The van der Waals surface area contributed by atoms with Crippen LogP contribution in [-0.2, 0) is 17.8 Å². The molecule has 2 aliphatic rings. The minimum Gasteiger partial charge on any atom is -0.311 e. The molecule has 0 aliphatic carbocycles. The Morgan fingerprint density at radius 1 is 0.963 bits per heavy atom. The molecule has 2 aliphatic heterocycles. The maximum Gasteiger partial charge on any atom is 0.237 e. The summed E-state index contributed by atoms with van der Waals surface area (Å²) in [6.45, 7) is 2.47. The number of benzene rings is 2. The van der Waals surface area contributed by atoms with E-state index in [-0.39, 0.29) is 5.91 Å². The third kappa shape index (κ3) is 2.88. The Hall–Kier alpha value is -2.80. The Bertz CT molecular complexity index is 987. The van der Waals surface area contributed by atoms with Crippen LogP contribution in [0, 0.1) is 0 Å². The van der Waals surface area contributed by atoms with Gasteiger partial charge < -0.3 is 9.80 Å². The zero-order valence-electron chi connectivity index (χ0n) is 14.8. The molecular formula is C20H19N5OS. The Morgan fingerprint density at radius 3 is 2.67 bits per heavy atom. The molecule has 0 N–H and O–H groups in total. The monoisotopic (exact) mass is 377 g/mol. The van der Waals surface area contributed by atoms with Gasteiger partial charge >= 0.3 is 0 Å². The summed E-state index contributed by atoms with van der Waals surface area (Å²) in [7, 11) is 0. The Balaban J connectivity index is 1.29. The number of para-hydroxylation sites is 2. The second-order valence-electron chi connectivity index (χ2n) is 6.63. The molecular weight excluding hydrogens is 358 g/mol. The van der Waals surface area contributed by atoms with E-state index in [1.807, 2.05) is 41.3 Å². The molecule has 136 valence electrons. The summed E-state index contributed by atoms with van der Waals surface area (Å²) >= 11 is 1.47. The minimum absolute atomic E-state index is 0.125. The average Bonchev–Trinajstić information content (AvgIpc) is 3.42. The molecule has 3 heterocycles. The topological polar surface area (TPSA) is 54.3 Å². The summed E-state index contributed by atoms with van der Waals surface area (Å²) in [6, 6.07) is 18.3. The van der Waals surface area contributed by atoms with Crippen LogP contribution in [0.5, 0.6) is 0 Å². The number of rotatable bonds is 4. The van der Waals surface area contributed by atoms with Gasteiger partial charge in [-0.15, -0.1) is 10.2 Å². The van der Waals surface area contributed by atoms with Gasteiger partial charge in [0.1, 0.15) is 0 Å². The number of thioether (sulfide) groups is 1. The van der Waals surface area contributed by atoms with Crippen LogP contribution >= 0.6 is 11.8 Å². The number of nitrogens with zero attached hydrogens (tertiary/aromatic N) is 5. The summed E-state index contributed by atoms with van der Waals surface area (Å²) in [5.41, 5.74) is 3.41. The number of aromatic nitrogens is 3. The van der Waals surface area contributed by atoms with Gasteiger partial charge in [0.25, 0.3) is 0 Å². The molecule has 1 amide bonds. The molecule has 1 aromatic heterocycles. The summed E-state index contributed by atoms with van der Waals surface area (Å²) in [4.78, 5) is 16.8. The molecule has 2 aromatic carbocycles. The SMILES string of the molecule is O=C(CSc1nnc2n1CCN2c1ccccc1)N1CCc2ccccc21. The first kappa shape index (κ1) is 16.4. The minimum atomic E-state index is 0.125. The molecule has 0 bridgehead atoms. The molecule has 0 spiro atoms. The normalized spacial score (nSPS) is 15.1. The zero-order chi connectivity index (χ0) is 18.2. The van der Waals surface area contributed by atoms with Crippen molar-refractivity contribution in [3.05, 3.63) is 60.2 Å². The molecule has 0 unspecified atom stereocenters. The predicted molar refractivity (Wildman–Crippen MR) is 107 cm³/mol. The fraction of sp³-hybridized carbons (Fsp3) is 0.250. The predicted octanol–water partition coefficient (Wildman–Crippen LogP) is 3.11. The standard InChI is InChI=1S/C20H19N5OS/c26-18(24-11-10-15-6-4-5-9-17(15)24)14-27-20-22-21-19-23(12-13-25(19)20)16-7-2-1-3-8-16/h1-9H,10-14H2. The van der Waals surface area contributed by atoms with Crippen LogP contribution in [0.15, 0.2) is 59.8 Å². The van der Waals surface area contributed by atoms with E-state index < -0.39 is 0 Å². The van der Waals surface area contributed by atoms with Crippen molar-refractivity contribution in [3.63, 3.8) is 0 Å². The highest BCUT2D eigenvalue weighted by Crippen LogP contribution is 2.33. The highest BCUT2D eigenvalue weighted by molar-refractivity contribution is 7.99. The molecule has 0 fully saturated rings. The van der Waals surface area contributed by atoms with E-state index in [1.165, 1.54) is 17.3 Å². The van der Waals surface area contributed by atoms with Gasteiger partial charge in [0.15, 0.2) is 5.16 Å². The van der Waals surface area contributed by atoms with E-state index in [2.05, 4.69) is 37.9 Å². The number of anilines is 3. The fourth-order valence-corrected chi connectivity index (χ4v) is 4.57. The number of carbonyl (C=O) groups excluding carboxylic acids is 1. The molecule has 5 rings (SSSR count). The van der Waals surface area contributed by atoms with Crippen molar-refractivity contribution in [1.29, 1.82) is 0 Å². The first-order valence-corrected chi connectivity index (χ1v) is 10.1. The molecule has 0 atom stereocenters. The van der Waals surface area contributed by atoms with Gasteiger partial charge in [-0.3, -0.25) is 9.36 Å². The lowest BCUT2D eigenvalue weighted by Gasteiger charge is -2.16. The first-order chi connectivity index (χ1) is 13.3. The smallest absolute Gasteiger partial charge is 0.237 e. The van der Waals surface area contributed by atoms with Gasteiger partial charge in [0.05, 0.1) is 5.75 Å². The lowest BCUT2D eigenvalue weighted by molar-refractivity contribution is -0.116. The van der Waals surface area contributed by atoms with Crippen LogP contribution in [0.1, 0.15) is 5.56 Å². The summed E-state index contributed by atoms with van der Waals surface area (Å²) in [5.74, 6) is 1.35. The average molecular weight is 377 g/mol. The second kappa shape index (κ2) is 6.74. The second-order valence-corrected chi connectivity index (χ2v) is 7.58. The van der Waals surface area contributed by atoms with E-state index in [0.29, 0.717) is 5.75 Å². The number of amides is 1. The summed E-state index contributed by atoms with van der Waals surface area (Å²) in [6.07, 6.45) is 0.930. The fourth-order valence-electron chi connectivity index (χ4n) is 3.74. The van der Waals surface area contributed by atoms with Gasteiger partial charge in [0, 0.05) is 31.0 Å². The Kier molecular flexibility index (Phi) is 4.09. The van der Waals surface area contributed by atoms with Crippen molar-refractivity contribution in [2.45, 2.75) is 18.1 Å². The Morgan fingerprint density at radius 2 is 1.78 bits per heavy atom. The maximum absolute atomic E-state index is 12.7. The zero-order valence-corrected chi connectivity index (χ0v) is 15.6. The molecule has 7 heteroatoms. The van der Waals surface area contributed by atoms with Crippen molar-refractivity contribution in [1.82, 2.24) is 14.8 Å². The van der Waals surface area contributed by atoms with Gasteiger partial charge in [0.2, 0.25) is 11.9 Å². The van der Waals surface area contributed by atoms with Crippen molar-refractivity contribution in [2.75, 3.05) is 28.6 Å². The number of hydrogen-bond donors (Lipinski definition) is 0. The third-order valence-corrected chi connectivity index (χ3v) is 6.02. The highest BCUT2D eigenvalue weighted by atomic mass is 32.2. The highest BCUT2D eigenvalue weighted by Gasteiger charge is 2.28. The number of carbonyl (C=O) groups is 1. The maximum atomic E-state index is 12.7. The van der Waals surface area contributed by atoms with Crippen LogP contribution < -0.4 is 9.80 Å². The van der Waals surface area contributed by atoms with E-state index in [0.717, 1.165) is 48.5 Å². The molecule has 0 saturated heterocycles. The number of fused-ring (bicyclic) bond motifs is 2. The molecule has 0 saturated carbocycles. The number of hydrogen-bond acceptors (Lipinski definition) is 5. The van der Waals surface area contributed by atoms with E-state index >= 15 is 0 Å². The molecule has 6 nitrogen and oxygen atoms in total.